The van der Waals surface area contributed by atoms with Gasteiger partial charge < -0.3 is 4.74 Å². The number of hydrogen-bond donors (Lipinski definition) is 1. The third-order valence-corrected chi connectivity index (χ3v) is 4.79. The van der Waals surface area contributed by atoms with Gasteiger partial charge in [0, 0.05) is 18.9 Å². The van der Waals surface area contributed by atoms with Crippen molar-refractivity contribution >= 4 is 15.7 Å². The highest BCUT2D eigenvalue weighted by atomic mass is 32.2. The summed E-state index contributed by atoms with van der Waals surface area (Å²) in [7, 11) is -3.28. The molecule has 1 aliphatic rings. The van der Waals surface area contributed by atoms with Crippen LogP contribution < -0.4 is 4.72 Å². The molecule has 1 fully saturated rings. The van der Waals surface area contributed by atoms with Crippen LogP contribution in [0.4, 0.5) is 5.69 Å². The Balaban J connectivity index is 2.08. The molecule has 4 nitrogen and oxygen atoms in total. The summed E-state index contributed by atoms with van der Waals surface area (Å²) in [6.07, 6.45) is 1.14. The van der Waals surface area contributed by atoms with Gasteiger partial charge in [0.1, 0.15) is 0 Å². The number of anilines is 1. The van der Waals surface area contributed by atoms with E-state index in [9.17, 15) is 8.42 Å². The van der Waals surface area contributed by atoms with E-state index in [4.69, 9.17) is 4.74 Å². The Morgan fingerprint density at radius 3 is 2.35 bits per heavy atom. The monoisotopic (exact) mass is 255 g/mol. The summed E-state index contributed by atoms with van der Waals surface area (Å²) >= 11 is 0. The summed E-state index contributed by atoms with van der Waals surface area (Å²) in [5.41, 5.74) is 1.74. The van der Waals surface area contributed by atoms with E-state index in [1.54, 1.807) is 12.1 Å². The third kappa shape index (κ3) is 3.20. The lowest BCUT2D eigenvalue weighted by atomic mass is 10.2. The maximum Gasteiger partial charge on any atom is 0.235 e. The summed E-state index contributed by atoms with van der Waals surface area (Å²) in [5, 5.41) is -0.336. The first-order chi connectivity index (χ1) is 8.08. The van der Waals surface area contributed by atoms with Gasteiger partial charge in [0.2, 0.25) is 10.0 Å². The Hall–Kier alpha value is -1.07. The van der Waals surface area contributed by atoms with Gasteiger partial charge in [-0.2, -0.15) is 0 Å². The van der Waals surface area contributed by atoms with Gasteiger partial charge in [0.15, 0.2) is 0 Å². The van der Waals surface area contributed by atoms with Gasteiger partial charge in [-0.3, -0.25) is 4.72 Å². The smallest absolute Gasteiger partial charge is 0.235 e. The van der Waals surface area contributed by atoms with E-state index in [1.165, 1.54) is 0 Å². The number of benzene rings is 1. The molecule has 1 aliphatic heterocycles. The number of sulfonamides is 1. The standard InChI is InChI=1S/C12H17NO3S/c1-10-2-4-11(5-3-10)13-17(14,15)12-6-8-16-9-7-12/h2-5,12-13H,6-9H2,1H3. The number of nitrogens with one attached hydrogen (secondary N) is 1. The van der Waals surface area contributed by atoms with E-state index in [1.807, 2.05) is 19.1 Å². The van der Waals surface area contributed by atoms with Crippen molar-refractivity contribution < 1.29 is 13.2 Å². The summed E-state index contributed by atoms with van der Waals surface area (Å²) in [6, 6.07) is 7.35. The molecule has 1 heterocycles. The largest absolute Gasteiger partial charge is 0.381 e. The first-order valence-electron chi connectivity index (χ1n) is 5.74. The fourth-order valence-electron chi connectivity index (χ4n) is 1.86. The van der Waals surface area contributed by atoms with Crippen LogP contribution in [-0.4, -0.2) is 26.9 Å². The van der Waals surface area contributed by atoms with E-state index in [0.29, 0.717) is 31.7 Å². The number of hydrogen-bond acceptors (Lipinski definition) is 3. The van der Waals surface area contributed by atoms with Crippen molar-refractivity contribution in [2.45, 2.75) is 25.0 Å². The molecule has 1 aromatic carbocycles. The number of aryl methyl sites for hydroxylation is 1. The van der Waals surface area contributed by atoms with Crippen molar-refractivity contribution in [3.8, 4) is 0 Å². The molecule has 0 saturated carbocycles. The second kappa shape index (κ2) is 5.06. The van der Waals surface area contributed by atoms with E-state index < -0.39 is 10.0 Å². The second-order valence-electron chi connectivity index (χ2n) is 4.32. The van der Waals surface area contributed by atoms with Gasteiger partial charge in [-0.25, -0.2) is 8.42 Å². The molecule has 1 N–H and O–H groups in total. The zero-order chi connectivity index (χ0) is 12.3. The fraction of sp³-hybridized carbons (Fsp3) is 0.500. The Morgan fingerprint density at radius 2 is 1.76 bits per heavy atom. The zero-order valence-electron chi connectivity index (χ0n) is 9.85. The minimum atomic E-state index is -3.28. The first-order valence-corrected chi connectivity index (χ1v) is 7.28. The van der Waals surface area contributed by atoms with E-state index in [-0.39, 0.29) is 5.25 Å². The maximum absolute atomic E-state index is 12.1. The molecule has 1 aromatic rings. The highest BCUT2D eigenvalue weighted by Gasteiger charge is 2.27. The van der Waals surface area contributed by atoms with Crippen LogP contribution in [0.25, 0.3) is 0 Å². The van der Waals surface area contributed by atoms with Crippen LogP contribution in [-0.2, 0) is 14.8 Å². The van der Waals surface area contributed by atoms with Crippen LogP contribution in [0.3, 0.4) is 0 Å². The Morgan fingerprint density at radius 1 is 1.18 bits per heavy atom. The van der Waals surface area contributed by atoms with E-state index in [2.05, 4.69) is 4.72 Å². The minimum Gasteiger partial charge on any atom is -0.381 e. The molecule has 0 spiro atoms. The molecule has 0 aliphatic carbocycles. The highest BCUT2D eigenvalue weighted by molar-refractivity contribution is 7.93. The predicted molar refractivity (Wildman–Crippen MR) is 67.6 cm³/mol. The van der Waals surface area contributed by atoms with Crippen molar-refractivity contribution in [3.63, 3.8) is 0 Å². The summed E-state index contributed by atoms with van der Waals surface area (Å²) in [6.45, 7) is 3.02. The summed E-state index contributed by atoms with van der Waals surface area (Å²) < 4.78 is 31.9. The molecule has 0 amide bonds. The van der Waals surface area contributed by atoms with Crippen LogP contribution >= 0.6 is 0 Å². The van der Waals surface area contributed by atoms with Crippen LogP contribution in [0.5, 0.6) is 0 Å². The Bertz CT molecular complexity index is 461. The molecule has 0 radical (unpaired) electrons. The maximum atomic E-state index is 12.1. The fourth-order valence-corrected chi connectivity index (χ4v) is 3.30. The lowest BCUT2D eigenvalue weighted by molar-refractivity contribution is 0.0984. The van der Waals surface area contributed by atoms with Crippen LogP contribution in [0.15, 0.2) is 24.3 Å². The molecule has 94 valence electrons. The molecular formula is C12H17NO3S. The van der Waals surface area contributed by atoms with Crippen molar-refractivity contribution in [1.29, 1.82) is 0 Å². The number of rotatable bonds is 3. The second-order valence-corrected chi connectivity index (χ2v) is 6.29. The molecule has 0 unspecified atom stereocenters. The summed E-state index contributed by atoms with van der Waals surface area (Å²) in [5.74, 6) is 0. The quantitative estimate of drug-likeness (QED) is 0.897. The molecule has 0 atom stereocenters. The molecule has 0 aromatic heterocycles. The van der Waals surface area contributed by atoms with Crippen LogP contribution in [0, 0.1) is 6.92 Å². The Labute approximate surface area is 102 Å². The van der Waals surface area contributed by atoms with E-state index in [0.717, 1.165) is 5.56 Å². The SMILES string of the molecule is Cc1ccc(NS(=O)(=O)C2CCOCC2)cc1. The van der Waals surface area contributed by atoms with Crippen LogP contribution in [0.1, 0.15) is 18.4 Å². The molecule has 1 saturated heterocycles. The third-order valence-electron chi connectivity index (χ3n) is 2.92. The van der Waals surface area contributed by atoms with Crippen molar-refractivity contribution in [2.75, 3.05) is 17.9 Å². The Kier molecular flexibility index (Phi) is 3.69. The van der Waals surface area contributed by atoms with Crippen molar-refractivity contribution in [2.24, 2.45) is 0 Å². The van der Waals surface area contributed by atoms with Crippen molar-refractivity contribution in [3.05, 3.63) is 29.8 Å². The average molecular weight is 255 g/mol. The first kappa shape index (κ1) is 12.4. The van der Waals surface area contributed by atoms with Gasteiger partial charge in [-0.15, -0.1) is 0 Å². The van der Waals surface area contributed by atoms with Gasteiger partial charge in [0.25, 0.3) is 0 Å². The molecule has 2 rings (SSSR count). The van der Waals surface area contributed by atoms with Crippen LogP contribution in [0.2, 0.25) is 0 Å². The molecular weight excluding hydrogens is 238 g/mol. The van der Waals surface area contributed by atoms with Crippen molar-refractivity contribution in [1.82, 2.24) is 0 Å². The zero-order valence-corrected chi connectivity index (χ0v) is 10.7. The van der Waals surface area contributed by atoms with Gasteiger partial charge >= 0.3 is 0 Å². The normalized spacial score (nSPS) is 17.9. The lowest BCUT2D eigenvalue weighted by Gasteiger charge is -2.22. The van der Waals surface area contributed by atoms with Gasteiger partial charge in [0.05, 0.1) is 5.25 Å². The molecule has 0 bridgehead atoms. The van der Waals surface area contributed by atoms with Gasteiger partial charge in [-0.05, 0) is 31.9 Å². The lowest BCUT2D eigenvalue weighted by Crippen LogP contribution is -2.33. The molecule has 5 heteroatoms. The minimum absolute atomic E-state index is 0.336. The highest BCUT2D eigenvalue weighted by Crippen LogP contribution is 2.19. The number of ether oxygens (including phenoxy) is 1. The van der Waals surface area contributed by atoms with E-state index >= 15 is 0 Å². The average Bonchev–Trinajstić information content (AvgIpc) is 2.33. The summed E-state index contributed by atoms with van der Waals surface area (Å²) in [4.78, 5) is 0. The van der Waals surface area contributed by atoms with Gasteiger partial charge in [-0.1, -0.05) is 17.7 Å². The predicted octanol–water partition coefficient (Wildman–Crippen LogP) is 1.92. The molecule has 17 heavy (non-hydrogen) atoms. The topological polar surface area (TPSA) is 55.4 Å².